The van der Waals surface area contributed by atoms with Crippen molar-refractivity contribution in [2.75, 3.05) is 31.1 Å². The van der Waals surface area contributed by atoms with Crippen LogP contribution in [-0.4, -0.2) is 43.0 Å². The molecule has 0 aliphatic carbocycles. The van der Waals surface area contributed by atoms with Gasteiger partial charge in [0.1, 0.15) is 12.4 Å². The summed E-state index contributed by atoms with van der Waals surface area (Å²) in [5.41, 5.74) is 1.40. The molecule has 176 valence electrons. The first-order valence-electron chi connectivity index (χ1n) is 11.4. The van der Waals surface area contributed by atoms with E-state index in [2.05, 4.69) is 12.1 Å². The van der Waals surface area contributed by atoms with E-state index in [0.29, 0.717) is 31.3 Å². The van der Waals surface area contributed by atoms with Crippen molar-refractivity contribution in [3.05, 3.63) is 53.1 Å². The van der Waals surface area contributed by atoms with Crippen LogP contribution in [0.1, 0.15) is 46.1 Å². The number of hydrogen-bond donors (Lipinski definition) is 0. The molecule has 2 heterocycles. The number of piperidine rings is 1. The van der Waals surface area contributed by atoms with E-state index in [1.54, 1.807) is 6.92 Å². The summed E-state index contributed by atoms with van der Waals surface area (Å²) in [7, 11) is 0. The molecule has 2 aliphatic heterocycles. The van der Waals surface area contributed by atoms with E-state index in [-0.39, 0.29) is 16.6 Å². The Hall–Kier alpha value is -2.18. The van der Waals surface area contributed by atoms with Gasteiger partial charge in [-0.25, -0.2) is 0 Å². The predicted octanol–water partition coefficient (Wildman–Crippen LogP) is 5.74. The van der Waals surface area contributed by atoms with Gasteiger partial charge in [0.15, 0.2) is 0 Å². The second-order valence-corrected chi connectivity index (χ2v) is 11.4. The fourth-order valence-electron chi connectivity index (χ4n) is 4.61. The highest BCUT2D eigenvalue weighted by Crippen LogP contribution is 2.51. The van der Waals surface area contributed by atoms with Crippen LogP contribution in [0, 0.1) is 5.41 Å². The van der Waals surface area contributed by atoms with Gasteiger partial charge in [0.25, 0.3) is 0 Å². The Morgan fingerprint density at radius 3 is 2.39 bits per heavy atom. The van der Waals surface area contributed by atoms with Crippen LogP contribution in [-0.2, 0) is 14.3 Å². The van der Waals surface area contributed by atoms with E-state index in [0.717, 1.165) is 34.7 Å². The third-order valence-electron chi connectivity index (χ3n) is 6.65. The summed E-state index contributed by atoms with van der Waals surface area (Å²) in [6, 6.07) is 14.2. The molecule has 33 heavy (non-hydrogen) atoms. The lowest BCUT2D eigenvalue weighted by molar-refractivity contribution is -0.130. The summed E-state index contributed by atoms with van der Waals surface area (Å²) in [4.78, 5) is 29.9. The van der Waals surface area contributed by atoms with Gasteiger partial charge < -0.3 is 14.5 Å². The van der Waals surface area contributed by atoms with Crippen molar-refractivity contribution in [3.8, 4) is 5.75 Å². The largest absolute Gasteiger partial charge is 0.490 e. The maximum atomic E-state index is 13.1. The van der Waals surface area contributed by atoms with Gasteiger partial charge in [-0.3, -0.25) is 9.59 Å². The van der Waals surface area contributed by atoms with Crippen molar-refractivity contribution in [1.29, 1.82) is 0 Å². The summed E-state index contributed by atoms with van der Waals surface area (Å²) >= 11 is 7.93. The van der Waals surface area contributed by atoms with Crippen LogP contribution in [0.15, 0.2) is 47.4 Å². The SMILES string of the molecule is CCN1C(=O)C(C)(C)COc2cc(C3(Sc4ccc(Cl)cc4)CCN(C(C)=O)CC3)ccc21. The first kappa shape index (κ1) is 24.0. The molecule has 0 aromatic heterocycles. The van der Waals surface area contributed by atoms with Crippen LogP contribution >= 0.6 is 23.4 Å². The van der Waals surface area contributed by atoms with Crippen LogP contribution in [0.25, 0.3) is 0 Å². The van der Waals surface area contributed by atoms with Gasteiger partial charge in [-0.05, 0) is 75.6 Å². The van der Waals surface area contributed by atoms with Crippen LogP contribution in [0.3, 0.4) is 0 Å². The molecule has 2 amide bonds. The summed E-state index contributed by atoms with van der Waals surface area (Å²) in [6.07, 6.45) is 1.67. The Morgan fingerprint density at radius 1 is 1.12 bits per heavy atom. The molecule has 0 unspecified atom stereocenters. The monoisotopic (exact) mass is 486 g/mol. The molecule has 1 saturated heterocycles. The van der Waals surface area contributed by atoms with Gasteiger partial charge in [0.2, 0.25) is 11.8 Å². The van der Waals surface area contributed by atoms with Crippen LogP contribution in [0.2, 0.25) is 5.02 Å². The smallest absolute Gasteiger partial charge is 0.236 e. The van der Waals surface area contributed by atoms with Gasteiger partial charge in [-0.2, -0.15) is 0 Å². The van der Waals surface area contributed by atoms with E-state index in [1.165, 1.54) is 0 Å². The molecule has 0 spiro atoms. The van der Waals surface area contributed by atoms with Gasteiger partial charge in [-0.1, -0.05) is 17.7 Å². The van der Waals surface area contributed by atoms with Crippen molar-refractivity contribution >= 4 is 40.9 Å². The number of rotatable bonds is 4. The van der Waals surface area contributed by atoms with Crippen molar-refractivity contribution in [2.24, 2.45) is 5.41 Å². The van der Waals surface area contributed by atoms with E-state index < -0.39 is 5.41 Å². The lowest BCUT2D eigenvalue weighted by Crippen LogP contribution is -2.43. The Morgan fingerprint density at radius 2 is 1.79 bits per heavy atom. The number of carbonyl (C=O) groups excluding carboxylic acids is 2. The molecule has 0 atom stereocenters. The number of hydrogen-bond acceptors (Lipinski definition) is 4. The molecule has 0 bridgehead atoms. The Balaban J connectivity index is 1.74. The third kappa shape index (κ3) is 4.73. The summed E-state index contributed by atoms with van der Waals surface area (Å²) in [5, 5.41) is 0.713. The topological polar surface area (TPSA) is 49.9 Å². The van der Waals surface area contributed by atoms with Gasteiger partial charge in [0.05, 0.1) is 11.1 Å². The minimum atomic E-state index is -0.586. The Kier molecular flexibility index (Phi) is 6.70. The van der Waals surface area contributed by atoms with Crippen LogP contribution in [0.5, 0.6) is 5.75 Å². The second kappa shape index (κ2) is 9.22. The van der Waals surface area contributed by atoms with E-state index >= 15 is 0 Å². The lowest BCUT2D eigenvalue weighted by Gasteiger charge is -2.42. The zero-order valence-electron chi connectivity index (χ0n) is 19.7. The van der Waals surface area contributed by atoms with Crippen molar-refractivity contribution in [1.82, 2.24) is 4.90 Å². The summed E-state index contributed by atoms with van der Waals surface area (Å²) < 4.78 is 6.01. The molecule has 2 aliphatic rings. The number of carbonyl (C=O) groups is 2. The first-order valence-corrected chi connectivity index (χ1v) is 12.6. The van der Waals surface area contributed by atoms with Crippen molar-refractivity contribution in [3.63, 3.8) is 0 Å². The maximum absolute atomic E-state index is 13.1. The quantitative estimate of drug-likeness (QED) is 0.552. The van der Waals surface area contributed by atoms with Gasteiger partial charge in [-0.15, -0.1) is 11.8 Å². The molecule has 2 aromatic rings. The standard InChI is InChI=1S/C26H31ClN2O3S/c1-5-29-22-11-6-19(16-23(22)32-17-25(3,4)24(29)31)26(12-14-28(15-13-26)18(2)30)33-21-9-7-20(27)8-10-21/h6-11,16H,5,12-15,17H2,1-4H3. The number of amides is 2. The van der Waals surface area contributed by atoms with Crippen LogP contribution < -0.4 is 9.64 Å². The number of ether oxygens (including phenoxy) is 1. The minimum absolute atomic E-state index is 0.0801. The highest BCUT2D eigenvalue weighted by molar-refractivity contribution is 8.00. The van der Waals surface area contributed by atoms with Gasteiger partial charge in [0, 0.05) is 41.2 Å². The molecular formula is C26H31ClN2O3S. The first-order chi connectivity index (χ1) is 15.6. The van der Waals surface area contributed by atoms with E-state index in [9.17, 15) is 9.59 Å². The zero-order valence-corrected chi connectivity index (χ0v) is 21.3. The number of likely N-dealkylation sites (tertiary alicyclic amines) is 1. The normalized spacial score (nSPS) is 19.5. The minimum Gasteiger partial charge on any atom is -0.490 e. The fourth-order valence-corrected chi connectivity index (χ4v) is 6.09. The molecule has 0 saturated carbocycles. The maximum Gasteiger partial charge on any atom is 0.236 e. The summed E-state index contributed by atoms with van der Waals surface area (Å²) in [5.74, 6) is 0.944. The number of anilines is 1. The second-order valence-electron chi connectivity index (χ2n) is 9.46. The number of fused-ring (bicyclic) bond motifs is 1. The van der Waals surface area contributed by atoms with Crippen LogP contribution in [0.4, 0.5) is 5.69 Å². The Bertz CT molecular complexity index is 1050. The lowest BCUT2D eigenvalue weighted by atomic mass is 9.87. The van der Waals surface area contributed by atoms with Crippen molar-refractivity contribution in [2.45, 2.75) is 50.2 Å². The zero-order chi connectivity index (χ0) is 23.8. The third-order valence-corrected chi connectivity index (χ3v) is 8.44. The number of halogens is 1. The molecule has 2 aromatic carbocycles. The molecule has 0 radical (unpaired) electrons. The number of nitrogens with zero attached hydrogens (tertiary/aromatic N) is 2. The van der Waals surface area contributed by atoms with Crippen molar-refractivity contribution < 1.29 is 14.3 Å². The van der Waals surface area contributed by atoms with E-state index in [4.69, 9.17) is 16.3 Å². The molecule has 1 fully saturated rings. The summed E-state index contributed by atoms with van der Waals surface area (Å²) in [6.45, 7) is 9.84. The van der Waals surface area contributed by atoms with E-state index in [1.807, 2.05) is 72.7 Å². The molecule has 4 rings (SSSR count). The molecule has 7 heteroatoms. The molecule has 0 N–H and O–H groups in total. The number of thioether (sulfide) groups is 1. The molecular weight excluding hydrogens is 456 g/mol. The number of benzene rings is 2. The molecule has 5 nitrogen and oxygen atoms in total. The Labute approximate surface area is 205 Å². The predicted molar refractivity (Wildman–Crippen MR) is 134 cm³/mol. The highest BCUT2D eigenvalue weighted by Gasteiger charge is 2.41. The van der Waals surface area contributed by atoms with Gasteiger partial charge >= 0.3 is 0 Å². The average molecular weight is 487 g/mol. The fraction of sp³-hybridized carbons (Fsp3) is 0.462. The highest BCUT2D eigenvalue weighted by atomic mass is 35.5. The average Bonchev–Trinajstić information content (AvgIpc) is 2.89.